The van der Waals surface area contributed by atoms with Crippen molar-refractivity contribution in [1.29, 1.82) is 0 Å². The van der Waals surface area contributed by atoms with Crippen LogP contribution in [-0.4, -0.2) is 34.5 Å². The molecule has 0 aromatic carbocycles. The third-order valence-corrected chi connectivity index (χ3v) is 5.28. The van der Waals surface area contributed by atoms with Crippen LogP contribution in [-0.2, 0) is 16.0 Å². The van der Waals surface area contributed by atoms with Gasteiger partial charge in [0.2, 0.25) is 5.91 Å². The maximum atomic E-state index is 12.4. The van der Waals surface area contributed by atoms with Crippen LogP contribution in [0.3, 0.4) is 0 Å². The van der Waals surface area contributed by atoms with Gasteiger partial charge >= 0.3 is 5.97 Å². The topological polar surface area (TPSA) is 57.6 Å². The molecule has 1 amide bonds. The van der Waals surface area contributed by atoms with Crippen molar-refractivity contribution < 1.29 is 14.7 Å². The summed E-state index contributed by atoms with van der Waals surface area (Å²) < 4.78 is 0.640. The first kappa shape index (κ1) is 15.3. The zero-order valence-corrected chi connectivity index (χ0v) is 13.0. The highest BCUT2D eigenvalue weighted by Crippen LogP contribution is 2.34. The molecule has 1 aliphatic carbocycles. The van der Waals surface area contributed by atoms with Gasteiger partial charge in [0.15, 0.2) is 0 Å². The molecule has 20 heavy (non-hydrogen) atoms. The zero-order chi connectivity index (χ0) is 14.8. The number of carboxylic acids is 1. The number of halogens is 1. The quantitative estimate of drug-likeness (QED) is 0.928. The lowest BCUT2D eigenvalue weighted by atomic mass is 9.80. The first-order chi connectivity index (χ1) is 9.45. The number of aliphatic carboxylic acids is 1. The van der Waals surface area contributed by atoms with Crippen LogP contribution < -0.4 is 0 Å². The second-order valence-electron chi connectivity index (χ2n) is 5.23. The smallest absolute Gasteiger partial charge is 0.329 e. The van der Waals surface area contributed by atoms with Crippen LogP contribution in [0.5, 0.6) is 0 Å². The number of amides is 1. The molecule has 1 N–H and O–H groups in total. The Hall–Kier alpha value is -1.07. The van der Waals surface area contributed by atoms with Crippen LogP contribution in [0, 0.1) is 0 Å². The molecule has 1 aliphatic rings. The largest absolute Gasteiger partial charge is 0.479 e. The number of thiophene rings is 1. The van der Waals surface area contributed by atoms with Crippen molar-refractivity contribution in [3.8, 4) is 0 Å². The van der Waals surface area contributed by atoms with Crippen molar-refractivity contribution in [2.45, 2.75) is 44.1 Å². The summed E-state index contributed by atoms with van der Waals surface area (Å²) in [5.41, 5.74) is -1.03. The number of carbonyl (C=O) groups excluding carboxylic acids is 1. The molecule has 0 saturated heterocycles. The van der Waals surface area contributed by atoms with E-state index >= 15 is 0 Å². The third kappa shape index (κ3) is 2.99. The molecule has 1 heterocycles. The second-order valence-corrected chi connectivity index (χ2v) is 7.03. The average molecular weight is 316 g/mol. The van der Waals surface area contributed by atoms with Gasteiger partial charge in [-0.1, -0.05) is 30.9 Å². The molecule has 2 rings (SSSR count). The Morgan fingerprint density at radius 3 is 2.50 bits per heavy atom. The molecule has 1 saturated carbocycles. The maximum absolute atomic E-state index is 12.4. The molecule has 0 spiro atoms. The Morgan fingerprint density at radius 1 is 1.35 bits per heavy atom. The van der Waals surface area contributed by atoms with Crippen LogP contribution >= 0.6 is 22.9 Å². The fourth-order valence-corrected chi connectivity index (χ4v) is 3.86. The molecule has 1 fully saturated rings. The van der Waals surface area contributed by atoms with E-state index in [2.05, 4.69) is 0 Å². The predicted octanol–water partition coefficient (Wildman–Crippen LogP) is 3.19. The molecular weight excluding hydrogens is 298 g/mol. The van der Waals surface area contributed by atoms with Crippen molar-refractivity contribution in [1.82, 2.24) is 4.90 Å². The molecule has 6 heteroatoms. The summed E-state index contributed by atoms with van der Waals surface area (Å²) >= 11 is 7.21. The average Bonchev–Trinajstić information content (AvgIpc) is 2.83. The summed E-state index contributed by atoms with van der Waals surface area (Å²) in [5, 5.41) is 9.57. The van der Waals surface area contributed by atoms with Crippen LogP contribution in [0.25, 0.3) is 0 Å². The van der Waals surface area contributed by atoms with Gasteiger partial charge in [0.25, 0.3) is 0 Å². The number of likely N-dealkylation sites (N-methyl/N-ethyl adjacent to an activating group) is 1. The molecule has 1 aromatic rings. The van der Waals surface area contributed by atoms with E-state index in [1.54, 1.807) is 13.1 Å². The zero-order valence-electron chi connectivity index (χ0n) is 11.4. The fourth-order valence-electron chi connectivity index (χ4n) is 2.78. The van der Waals surface area contributed by atoms with Gasteiger partial charge in [-0.2, -0.15) is 0 Å². The van der Waals surface area contributed by atoms with E-state index < -0.39 is 11.5 Å². The SMILES string of the molecule is CN(C(=O)Cc1ccc(Cl)s1)C1(C(=O)O)CCCCC1. The van der Waals surface area contributed by atoms with Gasteiger partial charge in [-0.05, 0) is 25.0 Å². The van der Waals surface area contributed by atoms with Crippen molar-refractivity contribution >= 4 is 34.8 Å². The van der Waals surface area contributed by atoms with E-state index in [9.17, 15) is 14.7 Å². The molecule has 1 aromatic heterocycles. The molecule has 4 nitrogen and oxygen atoms in total. The first-order valence-corrected chi connectivity index (χ1v) is 7.89. The van der Waals surface area contributed by atoms with Gasteiger partial charge in [0, 0.05) is 11.9 Å². The summed E-state index contributed by atoms with van der Waals surface area (Å²) in [6, 6.07) is 3.56. The Bertz CT molecular complexity index is 508. The van der Waals surface area contributed by atoms with Gasteiger partial charge in [0.05, 0.1) is 10.8 Å². The third-order valence-electron chi connectivity index (χ3n) is 4.05. The minimum atomic E-state index is -1.03. The normalized spacial score (nSPS) is 17.7. The van der Waals surface area contributed by atoms with E-state index in [1.807, 2.05) is 6.07 Å². The standard InChI is InChI=1S/C14H18ClNO3S/c1-16(12(17)9-10-5-6-11(15)20-10)14(13(18)19)7-3-2-4-8-14/h5-6H,2-4,7-9H2,1H3,(H,18,19). The van der Waals surface area contributed by atoms with E-state index in [-0.39, 0.29) is 12.3 Å². The summed E-state index contributed by atoms with van der Waals surface area (Å²) in [4.78, 5) is 26.3. The maximum Gasteiger partial charge on any atom is 0.329 e. The number of rotatable bonds is 4. The lowest BCUT2D eigenvalue weighted by Crippen LogP contribution is -2.56. The molecule has 0 bridgehead atoms. The van der Waals surface area contributed by atoms with E-state index in [1.165, 1.54) is 16.2 Å². The van der Waals surface area contributed by atoms with E-state index in [0.717, 1.165) is 24.1 Å². The Balaban J connectivity index is 2.12. The molecule has 0 aliphatic heterocycles. The summed E-state index contributed by atoms with van der Waals surface area (Å²) in [7, 11) is 1.61. The van der Waals surface area contributed by atoms with Gasteiger partial charge in [0.1, 0.15) is 5.54 Å². The molecule has 110 valence electrons. The minimum absolute atomic E-state index is 0.159. The molecule has 0 unspecified atom stereocenters. The number of nitrogens with zero attached hydrogens (tertiary/aromatic N) is 1. The van der Waals surface area contributed by atoms with Gasteiger partial charge in [-0.15, -0.1) is 11.3 Å². The fraction of sp³-hybridized carbons (Fsp3) is 0.571. The Labute approximate surface area is 127 Å². The molecular formula is C14H18ClNO3S. The summed E-state index contributed by atoms with van der Waals surface area (Å²) in [5.74, 6) is -1.05. The highest BCUT2D eigenvalue weighted by molar-refractivity contribution is 7.16. The van der Waals surface area contributed by atoms with Crippen molar-refractivity contribution in [3.63, 3.8) is 0 Å². The van der Waals surface area contributed by atoms with E-state index in [0.29, 0.717) is 17.2 Å². The lowest BCUT2D eigenvalue weighted by Gasteiger charge is -2.41. The number of hydrogen-bond acceptors (Lipinski definition) is 3. The highest BCUT2D eigenvalue weighted by atomic mass is 35.5. The molecule has 0 radical (unpaired) electrons. The Kier molecular flexibility index (Phi) is 4.70. The summed E-state index contributed by atoms with van der Waals surface area (Å²) in [6.07, 6.45) is 4.04. The lowest BCUT2D eigenvalue weighted by molar-refractivity contribution is -0.160. The number of hydrogen-bond donors (Lipinski definition) is 1. The van der Waals surface area contributed by atoms with Crippen LogP contribution in [0.1, 0.15) is 37.0 Å². The molecule has 0 atom stereocenters. The monoisotopic (exact) mass is 315 g/mol. The summed E-state index contributed by atoms with van der Waals surface area (Å²) in [6.45, 7) is 0. The predicted molar refractivity (Wildman–Crippen MR) is 79.3 cm³/mol. The van der Waals surface area contributed by atoms with Gasteiger partial charge in [-0.25, -0.2) is 4.79 Å². The van der Waals surface area contributed by atoms with Crippen LogP contribution in [0.4, 0.5) is 0 Å². The van der Waals surface area contributed by atoms with Crippen molar-refractivity contribution in [3.05, 3.63) is 21.3 Å². The van der Waals surface area contributed by atoms with Gasteiger partial charge < -0.3 is 10.0 Å². The van der Waals surface area contributed by atoms with Crippen molar-refractivity contribution in [2.75, 3.05) is 7.05 Å². The van der Waals surface area contributed by atoms with Gasteiger partial charge in [-0.3, -0.25) is 4.79 Å². The number of carbonyl (C=O) groups is 2. The second kappa shape index (κ2) is 6.14. The highest BCUT2D eigenvalue weighted by Gasteiger charge is 2.45. The van der Waals surface area contributed by atoms with Crippen LogP contribution in [0.2, 0.25) is 4.34 Å². The minimum Gasteiger partial charge on any atom is -0.479 e. The van der Waals surface area contributed by atoms with E-state index in [4.69, 9.17) is 11.6 Å². The van der Waals surface area contributed by atoms with Crippen molar-refractivity contribution in [2.24, 2.45) is 0 Å². The first-order valence-electron chi connectivity index (χ1n) is 6.70. The Morgan fingerprint density at radius 2 is 2.00 bits per heavy atom. The van der Waals surface area contributed by atoms with Crippen LogP contribution in [0.15, 0.2) is 12.1 Å². The number of carboxylic acid groups (broad SMARTS) is 1.